The van der Waals surface area contributed by atoms with E-state index in [0.29, 0.717) is 43.9 Å². The highest BCUT2D eigenvalue weighted by molar-refractivity contribution is 6.36. The first kappa shape index (κ1) is 31.8. The number of nitrogens with zero attached hydrogens (tertiary/aromatic N) is 4. The Kier molecular flexibility index (Phi) is 9.92. The maximum atomic E-state index is 13.8. The third-order valence-electron chi connectivity index (χ3n) is 6.35. The number of amides is 3. The minimum Gasteiger partial charge on any atom is -0.485 e. The van der Waals surface area contributed by atoms with Crippen LogP contribution in [0.2, 0.25) is 10.0 Å². The highest BCUT2D eigenvalue weighted by Crippen LogP contribution is 2.29. The summed E-state index contributed by atoms with van der Waals surface area (Å²) in [6, 6.07) is 10.2. The summed E-state index contributed by atoms with van der Waals surface area (Å²) in [5.74, 6) is -1.51. The normalized spacial score (nSPS) is 13.7. The number of aromatic nitrogens is 2. The van der Waals surface area contributed by atoms with E-state index in [1.54, 1.807) is 34.1 Å². The molecule has 11 nitrogen and oxygen atoms in total. The number of hydrogen-bond donors (Lipinski definition) is 2. The van der Waals surface area contributed by atoms with E-state index in [2.05, 4.69) is 15.5 Å². The van der Waals surface area contributed by atoms with Gasteiger partial charge in [-0.2, -0.15) is 0 Å². The summed E-state index contributed by atoms with van der Waals surface area (Å²) in [7, 11) is 0. The molecule has 1 aliphatic heterocycles. The van der Waals surface area contributed by atoms with Crippen molar-refractivity contribution >= 4 is 52.6 Å². The van der Waals surface area contributed by atoms with Crippen LogP contribution in [0, 0.1) is 5.82 Å². The van der Waals surface area contributed by atoms with Crippen molar-refractivity contribution in [3.63, 3.8) is 0 Å². The quantitative estimate of drug-likeness (QED) is 0.343. The van der Waals surface area contributed by atoms with Gasteiger partial charge in [0.15, 0.2) is 17.3 Å². The van der Waals surface area contributed by atoms with Gasteiger partial charge >= 0.3 is 6.09 Å². The van der Waals surface area contributed by atoms with Gasteiger partial charge in [-0.3, -0.25) is 9.59 Å². The summed E-state index contributed by atoms with van der Waals surface area (Å²) >= 11 is 12.1. The maximum Gasteiger partial charge on any atom is 0.410 e. The van der Waals surface area contributed by atoms with Crippen molar-refractivity contribution in [1.82, 2.24) is 20.0 Å². The number of carbonyl (C=O) groups excluding carboxylic acids is 3. The molecule has 4 rings (SSSR count). The highest BCUT2D eigenvalue weighted by atomic mass is 35.5. The van der Waals surface area contributed by atoms with Crippen molar-refractivity contribution in [2.24, 2.45) is 0 Å². The Morgan fingerprint density at radius 1 is 1.00 bits per heavy atom. The van der Waals surface area contributed by atoms with Gasteiger partial charge in [0, 0.05) is 54.1 Å². The van der Waals surface area contributed by atoms with E-state index in [1.165, 1.54) is 12.1 Å². The van der Waals surface area contributed by atoms with Gasteiger partial charge in [-0.25, -0.2) is 9.18 Å². The average Bonchev–Trinajstić information content (AvgIpc) is 3.22. The van der Waals surface area contributed by atoms with Crippen LogP contribution < -0.4 is 15.8 Å². The molecule has 3 N–H and O–H groups in total. The van der Waals surface area contributed by atoms with E-state index in [9.17, 15) is 18.8 Å². The molecule has 2 heterocycles. The number of nitrogens with one attached hydrogen (secondary N) is 1. The lowest BCUT2D eigenvalue weighted by Gasteiger charge is -2.26. The fourth-order valence-electron chi connectivity index (χ4n) is 4.17. The SMILES string of the molecule is CC(C)(C)OC(=O)N1CCCN(C(=O)c2ccc(NC(=O)c3cc(OCc4c(Cl)ccc(F)c4Cl)c(N)nn3)cc2)CC1. The molecule has 0 bridgehead atoms. The smallest absolute Gasteiger partial charge is 0.410 e. The molecular weight excluding hydrogens is 602 g/mol. The zero-order valence-electron chi connectivity index (χ0n) is 23.8. The van der Waals surface area contributed by atoms with Crippen LogP contribution in [0.4, 0.5) is 20.7 Å². The number of ether oxygens (including phenoxy) is 2. The Morgan fingerprint density at radius 2 is 1.67 bits per heavy atom. The standard InChI is InChI=1S/C29H31Cl2FN6O5/c1-29(2,3)43-28(41)38-12-4-11-37(13-14-38)27(40)17-5-7-18(8-6-17)34-26(39)22-15-23(25(33)36-35-22)42-16-19-20(30)9-10-21(32)24(19)31/h5-10,15H,4,11-14,16H2,1-3H3,(H2,33,36)(H,34,39). The molecule has 0 aliphatic carbocycles. The number of hydrogen-bond acceptors (Lipinski definition) is 8. The molecule has 1 aliphatic rings. The predicted octanol–water partition coefficient (Wildman–Crippen LogP) is 5.42. The van der Waals surface area contributed by atoms with Crippen molar-refractivity contribution in [2.45, 2.75) is 39.4 Å². The van der Waals surface area contributed by atoms with Crippen LogP contribution in [0.1, 0.15) is 53.6 Å². The first-order valence-corrected chi connectivity index (χ1v) is 14.1. The molecule has 2 aromatic carbocycles. The molecular formula is C29H31Cl2FN6O5. The van der Waals surface area contributed by atoms with E-state index >= 15 is 0 Å². The molecule has 3 amide bonds. The van der Waals surface area contributed by atoms with Crippen molar-refractivity contribution in [1.29, 1.82) is 0 Å². The number of rotatable bonds is 6. The summed E-state index contributed by atoms with van der Waals surface area (Å²) in [6.45, 7) is 6.93. The Bertz CT molecular complexity index is 1520. The Morgan fingerprint density at radius 3 is 2.37 bits per heavy atom. The molecule has 0 atom stereocenters. The number of nitrogen functional groups attached to an aromatic ring is 1. The number of benzene rings is 2. The molecule has 0 spiro atoms. The van der Waals surface area contributed by atoms with Gasteiger partial charge < -0.3 is 30.3 Å². The molecule has 228 valence electrons. The van der Waals surface area contributed by atoms with Crippen LogP contribution >= 0.6 is 23.2 Å². The van der Waals surface area contributed by atoms with Crippen molar-refractivity contribution in [3.05, 3.63) is 75.1 Å². The predicted molar refractivity (Wildman–Crippen MR) is 160 cm³/mol. The largest absolute Gasteiger partial charge is 0.485 e. The summed E-state index contributed by atoms with van der Waals surface area (Å²) in [6.07, 6.45) is 0.224. The van der Waals surface area contributed by atoms with Crippen LogP contribution in [0.3, 0.4) is 0 Å². The number of nitrogens with two attached hydrogens (primary N) is 1. The van der Waals surface area contributed by atoms with Gasteiger partial charge in [-0.15, -0.1) is 10.2 Å². The first-order chi connectivity index (χ1) is 20.3. The topological polar surface area (TPSA) is 140 Å². The fraction of sp³-hybridized carbons (Fsp3) is 0.345. The zero-order chi connectivity index (χ0) is 31.3. The van der Waals surface area contributed by atoms with E-state index in [1.807, 2.05) is 20.8 Å². The summed E-state index contributed by atoms with van der Waals surface area (Å²) in [4.78, 5) is 41.7. The van der Waals surface area contributed by atoms with Gasteiger partial charge in [-0.05, 0) is 63.6 Å². The molecule has 14 heteroatoms. The van der Waals surface area contributed by atoms with Gasteiger partial charge in [0.25, 0.3) is 11.8 Å². The highest BCUT2D eigenvalue weighted by Gasteiger charge is 2.26. The van der Waals surface area contributed by atoms with Crippen molar-refractivity contribution < 1.29 is 28.2 Å². The fourth-order valence-corrected chi connectivity index (χ4v) is 4.65. The van der Waals surface area contributed by atoms with Crippen LogP contribution in [-0.2, 0) is 11.3 Å². The van der Waals surface area contributed by atoms with Gasteiger partial charge in [0.05, 0.1) is 5.02 Å². The second kappa shape index (κ2) is 13.4. The summed E-state index contributed by atoms with van der Waals surface area (Å²) in [5, 5.41) is 10.3. The van der Waals surface area contributed by atoms with Crippen LogP contribution in [0.5, 0.6) is 5.75 Å². The molecule has 3 aromatic rings. The van der Waals surface area contributed by atoms with E-state index in [-0.39, 0.29) is 45.4 Å². The van der Waals surface area contributed by atoms with E-state index < -0.39 is 23.4 Å². The summed E-state index contributed by atoms with van der Waals surface area (Å²) in [5.41, 5.74) is 6.20. The zero-order valence-corrected chi connectivity index (χ0v) is 25.3. The first-order valence-electron chi connectivity index (χ1n) is 13.4. The van der Waals surface area contributed by atoms with Gasteiger partial charge in [0.2, 0.25) is 0 Å². The van der Waals surface area contributed by atoms with Crippen molar-refractivity contribution in [2.75, 3.05) is 37.2 Å². The van der Waals surface area contributed by atoms with Crippen LogP contribution in [0.15, 0.2) is 42.5 Å². The number of anilines is 2. The Labute approximate surface area is 258 Å². The molecule has 1 fully saturated rings. The van der Waals surface area contributed by atoms with E-state index in [0.717, 1.165) is 6.07 Å². The second-order valence-electron chi connectivity index (χ2n) is 10.7. The number of carbonyl (C=O) groups is 3. The third-order valence-corrected chi connectivity index (χ3v) is 7.12. The maximum absolute atomic E-state index is 13.8. The lowest BCUT2D eigenvalue weighted by atomic mass is 10.1. The molecule has 0 unspecified atom stereocenters. The third kappa shape index (κ3) is 8.23. The Hall–Kier alpha value is -4.16. The van der Waals surface area contributed by atoms with E-state index in [4.69, 9.17) is 38.4 Å². The molecule has 0 radical (unpaired) electrons. The lowest BCUT2D eigenvalue weighted by Crippen LogP contribution is -2.40. The summed E-state index contributed by atoms with van der Waals surface area (Å²) < 4.78 is 24.9. The Balaban J connectivity index is 1.36. The lowest BCUT2D eigenvalue weighted by molar-refractivity contribution is 0.0255. The van der Waals surface area contributed by atoms with Crippen LogP contribution in [-0.4, -0.2) is 69.7 Å². The molecule has 0 saturated carbocycles. The molecule has 1 saturated heterocycles. The molecule has 43 heavy (non-hydrogen) atoms. The molecule has 1 aromatic heterocycles. The van der Waals surface area contributed by atoms with Gasteiger partial charge in [-0.1, -0.05) is 23.2 Å². The van der Waals surface area contributed by atoms with Gasteiger partial charge in [0.1, 0.15) is 18.0 Å². The van der Waals surface area contributed by atoms with Crippen molar-refractivity contribution in [3.8, 4) is 5.75 Å². The monoisotopic (exact) mass is 632 g/mol. The minimum atomic E-state index is -0.658. The van der Waals surface area contributed by atoms with Crippen LogP contribution in [0.25, 0.3) is 0 Å². The minimum absolute atomic E-state index is 0.0279. The average molecular weight is 634 g/mol. The number of halogens is 3. The second-order valence-corrected chi connectivity index (χ2v) is 11.5.